The molecule has 0 aliphatic rings. The summed E-state index contributed by atoms with van der Waals surface area (Å²) in [5.74, 6) is 0.170. The van der Waals surface area contributed by atoms with Crippen LogP contribution < -0.4 is 25.6 Å². The third-order valence-corrected chi connectivity index (χ3v) is 3.90. The third kappa shape index (κ3) is 8.05. The second-order valence-corrected chi connectivity index (χ2v) is 6.15. The zero-order valence-electron chi connectivity index (χ0n) is 16.9. The van der Waals surface area contributed by atoms with Crippen LogP contribution in [0.25, 0.3) is 6.08 Å². The molecule has 158 valence electrons. The second-order valence-electron chi connectivity index (χ2n) is 6.15. The van der Waals surface area contributed by atoms with Crippen LogP contribution >= 0.6 is 0 Å². The fraction of sp³-hybridized carbons (Fsp3) is 0.227. The quantitative estimate of drug-likeness (QED) is 0.435. The van der Waals surface area contributed by atoms with E-state index in [4.69, 9.17) is 9.47 Å². The van der Waals surface area contributed by atoms with E-state index in [1.165, 1.54) is 6.08 Å². The monoisotopic (exact) mass is 411 g/mol. The Kier molecular flexibility index (Phi) is 8.92. The van der Waals surface area contributed by atoms with E-state index in [1.54, 1.807) is 61.7 Å². The van der Waals surface area contributed by atoms with Crippen molar-refractivity contribution in [1.29, 1.82) is 0 Å². The molecule has 0 atom stereocenters. The van der Waals surface area contributed by atoms with E-state index >= 15 is 0 Å². The molecule has 0 aliphatic heterocycles. The number of anilines is 1. The maximum atomic E-state index is 11.9. The normalized spacial score (nSPS) is 10.3. The molecule has 0 spiro atoms. The van der Waals surface area contributed by atoms with Crippen molar-refractivity contribution in [1.82, 2.24) is 10.9 Å². The summed E-state index contributed by atoms with van der Waals surface area (Å²) < 4.78 is 10.4. The fourth-order valence-electron chi connectivity index (χ4n) is 2.37. The van der Waals surface area contributed by atoms with E-state index in [0.29, 0.717) is 18.0 Å². The van der Waals surface area contributed by atoms with Gasteiger partial charge in [-0.1, -0.05) is 12.1 Å². The third-order valence-electron chi connectivity index (χ3n) is 3.90. The van der Waals surface area contributed by atoms with Gasteiger partial charge in [-0.3, -0.25) is 25.2 Å². The largest absolute Gasteiger partial charge is 0.497 e. The van der Waals surface area contributed by atoms with Crippen LogP contribution in [0.5, 0.6) is 11.5 Å². The first-order chi connectivity index (χ1) is 14.5. The first-order valence-corrected chi connectivity index (χ1v) is 9.44. The Labute approximate surface area is 175 Å². The number of rotatable bonds is 9. The van der Waals surface area contributed by atoms with Crippen LogP contribution in [0.3, 0.4) is 0 Å². The SMILES string of the molecule is CCOc1ccc(NC(=O)CCC(=O)NNC(=O)C=Cc2ccc(OC)cc2)cc1. The van der Waals surface area contributed by atoms with Gasteiger partial charge in [0.15, 0.2) is 0 Å². The van der Waals surface area contributed by atoms with Gasteiger partial charge in [-0.05, 0) is 55.0 Å². The van der Waals surface area contributed by atoms with Gasteiger partial charge in [-0.2, -0.15) is 0 Å². The molecule has 3 N–H and O–H groups in total. The predicted octanol–water partition coefficient (Wildman–Crippen LogP) is 2.67. The van der Waals surface area contributed by atoms with E-state index < -0.39 is 11.8 Å². The molecule has 8 heteroatoms. The van der Waals surface area contributed by atoms with Crippen LogP contribution in [0.15, 0.2) is 54.6 Å². The second kappa shape index (κ2) is 11.9. The van der Waals surface area contributed by atoms with Crippen LogP contribution in [0.2, 0.25) is 0 Å². The maximum absolute atomic E-state index is 11.9. The van der Waals surface area contributed by atoms with Crippen LogP contribution in [0, 0.1) is 0 Å². The fourth-order valence-corrected chi connectivity index (χ4v) is 2.37. The van der Waals surface area contributed by atoms with E-state index in [9.17, 15) is 14.4 Å². The molecule has 0 aromatic heterocycles. The Balaban J connectivity index is 1.67. The van der Waals surface area contributed by atoms with Gasteiger partial charge >= 0.3 is 0 Å². The van der Waals surface area contributed by atoms with Crippen molar-refractivity contribution in [3.8, 4) is 11.5 Å². The van der Waals surface area contributed by atoms with Gasteiger partial charge in [-0.15, -0.1) is 0 Å². The number of benzene rings is 2. The van der Waals surface area contributed by atoms with Gasteiger partial charge in [-0.25, -0.2) is 0 Å². The first kappa shape index (κ1) is 22.5. The Morgan fingerprint density at radius 3 is 2.13 bits per heavy atom. The van der Waals surface area contributed by atoms with Gasteiger partial charge in [0.1, 0.15) is 11.5 Å². The van der Waals surface area contributed by atoms with E-state index in [2.05, 4.69) is 16.2 Å². The minimum atomic E-state index is -0.488. The molecule has 3 amide bonds. The summed E-state index contributed by atoms with van der Waals surface area (Å²) in [5.41, 5.74) is 5.96. The number of nitrogens with one attached hydrogen (secondary N) is 3. The zero-order chi connectivity index (χ0) is 21.8. The molecule has 0 aliphatic carbocycles. The summed E-state index contributed by atoms with van der Waals surface area (Å²) >= 11 is 0. The standard InChI is InChI=1S/C22H25N3O5/c1-3-30-19-11-7-17(8-12-19)23-20(26)14-15-22(28)25-24-21(27)13-6-16-4-9-18(29-2)10-5-16/h4-13H,3,14-15H2,1-2H3,(H,23,26)(H,24,27)(H,25,28). The van der Waals surface area contributed by atoms with Crippen molar-refractivity contribution in [2.45, 2.75) is 19.8 Å². The highest BCUT2D eigenvalue weighted by Crippen LogP contribution is 2.16. The molecule has 0 bridgehead atoms. The highest BCUT2D eigenvalue weighted by Gasteiger charge is 2.08. The van der Waals surface area contributed by atoms with Gasteiger partial charge in [0.05, 0.1) is 13.7 Å². The number of methoxy groups -OCH3 is 1. The molecule has 30 heavy (non-hydrogen) atoms. The van der Waals surface area contributed by atoms with Gasteiger partial charge in [0.2, 0.25) is 11.8 Å². The van der Waals surface area contributed by atoms with E-state index in [1.807, 2.05) is 6.92 Å². The van der Waals surface area contributed by atoms with Crippen molar-refractivity contribution in [2.24, 2.45) is 0 Å². The van der Waals surface area contributed by atoms with Crippen molar-refractivity contribution >= 4 is 29.5 Å². The molecule has 0 fully saturated rings. The molecular formula is C22H25N3O5. The lowest BCUT2D eigenvalue weighted by Crippen LogP contribution is -2.41. The van der Waals surface area contributed by atoms with Gasteiger partial charge < -0.3 is 14.8 Å². The zero-order valence-corrected chi connectivity index (χ0v) is 16.9. The smallest absolute Gasteiger partial charge is 0.262 e. The van der Waals surface area contributed by atoms with Crippen molar-refractivity contribution in [3.63, 3.8) is 0 Å². The molecule has 2 aromatic carbocycles. The molecular weight excluding hydrogens is 386 g/mol. The van der Waals surface area contributed by atoms with Gasteiger partial charge in [0, 0.05) is 24.6 Å². The van der Waals surface area contributed by atoms with Gasteiger partial charge in [0.25, 0.3) is 5.91 Å². The summed E-state index contributed by atoms with van der Waals surface area (Å²) in [6, 6.07) is 14.1. The lowest BCUT2D eigenvalue weighted by molar-refractivity contribution is -0.128. The molecule has 0 saturated carbocycles. The van der Waals surface area contributed by atoms with Crippen LogP contribution in [0.1, 0.15) is 25.3 Å². The Morgan fingerprint density at radius 2 is 1.50 bits per heavy atom. The maximum Gasteiger partial charge on any atom is 0.262 e. The number of carbonyl (C=O) groups excluding carboxylic acids is 3. The number of amides is 3. The molecule has 8 nitrogen and oxygen atoms in total. The van der Waals surface area contributed by atoms with E-state index in [0.717, 1.165) is 11.3 Å². The van der Waals surface area contributed by atoms with Crippen LogP contribution in [0.4, 0.5) is 5.69 Å². The number of hydrogen-bond acceptors (Lipinski definition) is 5. The molecule has 0 heterocycles. The van der Waals surface area contributed by atoms with Crippen molar-refractivity contribution in [2.75, 3.05) is 19.0 Å². The number of hydrogen-bond donors (Lipinski definition) is 3. The number of carbonyl (C=O) groups is 3. The average molecular weight is 411 g/mol. The lowest BCUT2D eigenvalue weighted by atomic mass is 10.2. The molecule has 0 saturated heterocycles. The minimum Gasteiger partial charge on any atom is -0.497 e. The first-order valence-electron chi connectivity index (χ1n) is 9.44. The minimum absolute atomic E-state index is 0.0173. The molecule has 2 aromatic rings. The van der Waals surface area contributed by atoms with Crippen LogP contribution in [-0.2, 0) is 14.4 Å². The summed E-state index contributed by atoms with van der Waals surface area (Å²) in [6.45, 7) is 2.45. The highest BCUT2D eigenvalue weighted by atomic mass is 16.5. The Morgan fingerprint density at radius 1 is 0.867 bits per heavy atom. The summed E-state index contributed by atoms with van der Waals surface area (Å²) in [5, 5.41) is 2.70. The molecule has 0 unspecified atom stereocenters. The topological polar surface area (TPSA) is 106 Å². The predicted molar refractivity (Wildman–Crippen MR) is 114 cm³/mol. The summed E-state index contributed by atoms with van der Waals surface area (Å²) in [4.78, 5) is 35.5. The Hall–Kier alpha value is -3.81. The molecule has 0 radical (unpaired) electrons. The highest BCUT2D eigenvalue weighted by molar-refractivity contribution is 5.95. The Bertz CT molecular complexity index is 877. The number of hydrazine groups is 1. The van der Waals surface area contributed by atoms with Crippen molar-refractivity contribution in [3.05, 3.63) is 60.2 Å². The van der Waals surface area contributed by atoms with Crippen molar-refractivity contribution < 1.29 is 23.9 Å². The van der Waals surface area contributed by atoms with E-state index in [-0.39, 0.29) is 18.7 Å². The average Bonchev–Trinajstić information content (AvgIpc) is 2.76. The molecule has 2 rings (SSSR count). The summed E-state index contributed by atoms with van der Waals surface area (Å²) in [6.07, 6.45) is 2.81. The number of ether oxygens (including phenoxy) is 2. The van der Waals surface area contributed by atoms with Crippen LogP contribution in [-0.4, -0.2) is 31.4 Å². The lowest BCUT2D eigenvalue weighted by Gasteiger charge is -2.08. The summed E-state index contributed by atoms with van der Waals surface area (Å²) in [7, 11) is 1.57.